The lowest BCUT2D eigenvalue weighted by Crippen LogP contribution is -2.18. The van der Waals surface area contributed by atoms with Gasteiger partial charge in [-0.2, -0.15) is 0 Å². The molecule has 1 N–H and O–H groups in total. The molecule has 1 heterocycles. The Bertz CT molecular complexity index is 304. The topological polar surface area (TPSA) is 21.3 Å². The number of rotatable bonds is 2. The van der Waals surface area contributed by atoms with E-state index < -0.39 is 0 Å². The van der Waals surface area contributed by atoms with Gasteiger partial charge in [-0.1, -0.05) is 0 Å². The van der Waals surface area contributed by atoms with Crippen LogP contribution >= 0.6 is 45.2 Å². The highest BCUT2D eigenvalue weighted by atomic mass is 127. The third-order valence-corrected chi connectivity index (χ3v) is 3.41. The fourth-order valence-corrected chi connectivity index (χ4v) is 3.46. The minimum absolute atomic E-state index is 0.490. The van der Waals surface area contributed by atoms with Crippen molar-refractivity contribution in [2.45, 2.75) is 12.5 Å². The van der Waals surface area contributed by atoms with Crippen molar-refractivity contribution < 1.29 is 4.74 Å². The summed E-state index contributed by atoms with van der Waals surface area (Å²) in [5, 5.41) is 3.49. The van der Waals surface area contributed by atoms with Crippen molar-refractivity contribution in [1.29, 1.82) is 0 Å². The van der Waals surface area contributed by atoms with Gasteiger partial charge in [0.2, 0.25) is 0 Å². The summed E-state index contributed by atoms with van der Waals surface area (Å²) >= 11 is 4.68. The molecule has 2 nitrogen and oxygen atoms in total. The Balaban J connectivity index is 2.07. The number of nitrogens with one attached hydrogen (secondary N) is 1. The van der Waals surface area contributed by atoms with E-state index in [9.17, 15) is 0 Å². The van der Waals surface area contributed by atoms with E-state index in [1.54, 1.807) is 0 Å². The van der Waals surface area contributed by atoms with Crippen LogP contribution in [0.5, 0.6) is 0 Å². The first kappa shape index (κ1) is 10.9. The highest BCUT2D eigenvalue weighted by Gasteiger charge is 2.15. The molecular weight excluding hydrogens is 404 g/mol. The van der Waals surface area contributed by atoms with Crippen LogP contribution in [0, 0.1) is 7.14 Å². The molecule has 0 aliphatic carbocycles. The van der Waals surface area contributed by atoms with Gasteiger partial charge in [0.05, 0.1) is 12.6 Å². The number of halogens is 2. The molecule has 1 atom stereocenters. The lowest BCUT2D eigenvalue weighted by molar-refractivity contribution is 0.195. The predicted octanol–water partition coefficient (Wildman–Crippen LogP) is 3.10. The molecule has 1 aromatic rings. The van der Waals surface area contributed by atoms with Crippen LogP contribution in [0.2, 0.25) is 0 Å². The molecule has 0 bridgehead atoms. The first-order chi connectivity index (χ1) is 6.74. The summed E-state index contributed by atoms with van der Waals surface area (Å²) in [7, 11) is 0. The van der Waals surface area contributed by atoms with Gasteiger partial charge in [-0.3, -0.25) is 0 Å². The Labute approximate surface area is 111 Å². The van der Waals surface area contributed by atoms with Crippen molar-refractivity contribution in [3.05, 3.63) is 25.3 Å². The molecule has 1 fully saturated rings. The molecule has 4 heteroatoms. The molecule has 0 radical (unpaired) electrons. The second kappa shape index (κ2) is 4.98. The molecule has 1 saturated heterocycles. The number of anilines is 1. The normalized spacial score (nSPS) is 21.1. The Kier molecular flexibility index (Phi) is 3.89. The standard InChI is InChI=1S/C10H11I2NO/c11-7-3-8(12)5-10(4-7)13-9-1-2-14-6-9/h3-5,9,13H,1-2,6H2. The summed E-state index contributed by atoms with van der Waals surface area (Å²) in [6.45, 7) is 1.72. The number of hydrogen-bond donors (Lipinski definition) is 1. The molecule has 1 aliphatic heterocycles. The van der Waals surface area contributed by atoms with Crippen LogP contribution < -0.4 is 5.32 Å². The lowest BCUT2D eigenvalue weighted by Gasteiger charge is -2.12. The van der Waals surface area contributed by atoms with Crippen molar-refractivity contribution in [3.63, 3.8) is 0 Å². The quantitative estimate of drug-likeness (QED) is 0.751. The van der Waals surface area contributed by atoms with Crippen LogP contribution in [0.25, 0.3) is 0 Å². The summed E-state index contributed by atoms with van der Waals surface area (Å²) in [6, 6.07) is 6.99. The van der Waals surface area contributed by atoms with E-state index in [-0.39, 0.29) is 0 Å². The van der Waals surface area contributed by atoms with Gasteiger partial charge in [-0.25, -0.2) is 0 Å². The highest BCUT2D eigenvalue weighted by molar-refractivity contribution is 14.1. The van der Waals surface area contributed by atoms with E-state index in [1.807, 2.05) is 0 Å². The van der Waals surface area contributed by atoms with Gasteiger partial charge >= 0.3 is 0 Å². The second-order valence-electron chi connectivity index (χ2n) is 3.36. The molecule has 2 rings (SSSR count). The maximum atomic E-state index is 5.32. The molecule has 14 heavy (non-hydrogen) atoms. The lowest BCUT2D eigenvalue weighted by atomic mass is 10.2. The summed E-state index contributed by atoms with van der Waals surface area (Å²) in [5.74, 6) is 0. The maximum Gasteiger partial charge on any atom is 0.0668 e. The molecule has 1 aromatic carbocycles. The Morgan fingerprint density at radius 1 is 1.21 bits per heavy atom. The Morgan fingerprint density at radius 3 is 2.50 bits per heavy atom. The molecule has 0 saturated carbocycles. The fourth-order valence-electron chi connectivity index (χ4n) is 1.52. The third-order valence-electron chi connectivity index (χ3n) is 2.16. The first-order valence-corrected chi connectivity index (χ1v) is 6.70. The van der Waals surface area contributed by atoms with Crippen LogP contribution in [0.3, 0.4) is 0 Å². The van der Waals surface area contributed by atoms with Gasteiger partial charge in [-0.05, 0) is 69.8 Å². The zero-order valence-electron chi connectivity index (χ0n) is 7.59. The van der Waals surface area contributed by atoms with Crippen LogP contribution in [-0.4, -0.2) is 19.3 Å². The van der Waals surface area contributed by atoms with Crippen molar-refractivity contribution in [2.24, 2.45) is 0 Å². The molecule has 1 aliphatic rings. The van der Waals surface area contributed by atoms with Crippen LogP contribution in [0.4, 0.5) is 5.69 Å². The maximum absolute atomic E-state index is 5.32. The Hall–Kier alpha value is 0.440. The smallest absolute Gasteiger partial charge is 0.0668 e. The number of ether oxygens (including phenoxy) is 1. The molecule has 0 spiro atoms. The molecule has 0 aromatic heterocycles. The minimum atomic E-state index is 0.490. The van der Waals surface area contributed by atoms with Crippen molar-refractivity contribution in [2.75, 3.05) is 18.5 Å². The van der Waals surface area contributed by atoms with Crippen molar-refractivity contribution >= 4 is 50.9 Å². The number of benzene rings is 1. The minimum Gasteiger partial charge on any atom is -0.380 e. The summed E-state index contributed by atoms with van der Waals surface area (Å²) in [5.41, 5.74) is 1.21. The van der Waals surface area contributed by atoms with E-state index in [2.05, 4.69) is 68.7 Å². The van der Waals surface area contributed by atoms with E-state index in [1.165, 1.54) is 12.8 Å². The van der Waals surface area contributed by atoms with E-state index in [0.717, 1.165) is 19.6 Å². The van der Waals surface area contributed by atoms with Crippen molar-refractivity contribution in [1.82, 2.24) is 0 Å². The third kappa shape index (κ3) is 2.96. The van der Waals surface area contributed by atoms with Gasteiger partial charge in [-0.15, -0.1) is 0 Å². The average Bonchev–Trinajstić information content (AvgIpc) is 2.54. The molecule has 76 valence electrons. The van der Waals surface area contributed by atoms with Gasteiger partial charge in [0.1, 0.15) is 0 Å². The first-order valence-electron chi connectivity index (χ1n) is 4.54. The summed E-state index contributed by atoms with van der Waals surface area (Å²) < 4.78 is 7.87. The summed E-state index contributed by atoms with van der Waals surface area (Å²) in [6.07, 6.45) is 1.11. The van der Waals surface area contributed by atoms with E-state index in [0.29, 0.717) is 6.04 Å². The summed E-state index contributed by atoms with van der Waals surface area (Å²) in [4.78, 5) is 0. The molecule has 0 amide bonds. The van der Waals surface area contributed by atoms with E-state index >= 15 is 0 Å². The predicted molar refractivity (Wildman–Crippen MR) is 74.7 cm³/mol. The number of hydrogen-bond acceptors (Lipinski definition) is 2. The van der Waals surface area contributed by atoms with Crippen LogP contribution in [0.1, 0.15) is 6.42 Å². The highest BCUT2D eigenvalue weighted by Crippen LogP contribution is 2.20. The molecule has 1 unspecified atom stereocenters. The fraction of sp³-hybridized carbons (Fsp3) is 0.400. The van der Waals surface area contributed by atoms with Gasteiger partial charge in [0.25, 0.3) is 0 Å². The zero-order chi connectivity index (χ0) is 9.97. The van der Waals surface area contributed by atoms with Gasteiger partial charge in [0, 0.05) is 19.4 Å². The average molecular weight is 415 g/mol. The largest absolute Gasteiger partial charge is 0.380 e. The zero-order valence-corrected chi connectivity index (χ0v) is 11.9. The van der Waals surface area contributed by atoms with Gasteiger partial charge in [0.15, 0.2) is 0 Å². The monoisotopic (exact) mass is 415 g/mol. The van der Waals surface area contributed by atoms with Crippen LogP contribution in [0.15, 0.2) is 18.2 Å². The Morgan fingerprint density at radius 2 is 1.93 bits per heavy atom. The second-order valence-corrected chi connectivity index (χ2v) is 5.85. The van der Waals surface area contributed by atoms with Crippen molar-refractivity contribution in [3.8, 4) is 0 Å². The molecular formula is C10H11I2NO. The van der Waals surface area contributed by atoms with Gasteiger partial charge < -0.3 is 10.1 Å². The SMILES string of the molecule is Ic1cc(I)cc(NC2CCOC2)c1. The van der Waals surface area contributed by atoms with E-state index in [4.69, 9.17) is 4.74 Å². The van der Waals surface area contributed by atoms with Crippen LogP contribution in [-0.2, 0) is 4.74 Å².